The number of ether oxygens (including phenoxy) is 2. The number of anilines is 1. The number of pyridine rings is 1. The Kier molecular flexibility index (Phi) is 8.09. The molecule has 170 valence electrons. The average Bonchev–Trinajstić information content (AvgIpc) is 2.74. The molecule has 0 bridgehead atoms. The van der Waals surface area contributed by atoms with Crippen LogP contribution >= 0.6 is 11.8 Å². The highest BCUT2D eigenvalue weighted by atomic mass is 32.2. The number of fused-ring (bicyclic) bond motifs is 3. The van der Waals surface area contributed by atoms with Crippen LogP contribution in [-0.2, 0) is 11.2 Å². The number of rotatable bonds is 2. The summed E-state index contributed by atoms with van der Waals surface area (Å²) in [5.74, 6) is 1.70. The summed E-state index contributed by atoms with van der Waals surface area (Å²) in [6.45, 7) is 11.8. The maximum atomic E-state index is 11.5. The summed E-state index contributed by atoms with van der Waals surface area (Å²) in [5, 5.41) is 4.93. The first-order valence-electron chi connectivity index (χ1n) is 11.4. The van der Waals surface area contributed by atoms with Gasteiger partial charge in [-0.05, 0) is 88.3 Å². The van der Waals surface area contributed by atoms with Crippen LogP contribution in [0, 0.1) is 5.92 Å². The van der Waals surface area contributed by atoms with Gasteiger partial charge in [0.05, 0.1) is 17.4 Å². The molecule has 2 aliphatic rings. The van der Waals surface area contributed by atoms with Crippen molar-refractivity contribution in [1.29, 1.82) is 0 Å². The molecule has 6 heteroatoms. The van der Waals surface area contributed by atoms with E-state index < -0.39 is 0 Å². The van der Waals surface area contributed by atoms with Gasteiger partial charge in [-0.3, -0.25) is 4.98 Å². The quantitative estimate of drug-likeness (QED) is 0.512. The molecule has 1 N–H and O–H groups in total. The van der Waals surface area contributed by atoms with Crippen molar-refractivity contribution in [3.05, 3.63) is 30.0 Å². The first kappa shape index (κ1) is 23.7. The molecule has 1 saturated carbocycles. The van der Waals surface area contributed by atoms with Crippen LogP contribution < -0.4 is 10.1 Å². The second-order valence-corrected chi connectivity index (χ2v) is 10.7. The van der Waals surface area contributed by atoms with Gasteiger partial charge in [0.2, 0.25) is 0 Å². The molecule has 31 heavy (non-hydrogen) atoms. The lowest BCUT2D eigenvalue weighted by molar-refractivity contribution is 0.0736. The number of carbonyl (C=O) groups excluding carboxylic acids is 1. The summed E-state index contributed by atoms with van der Waals surface area (Å²) >= 11 is 1.39. The first-order chi connectivity index (χ1) is 14.7. The molecule has 5 nitrogen and oxygen atoms in total. The molecule has 2 heterocycles. The molecule has 1 aliphatic carbocycles. The van der Waals surface area contributed by atoms with E-state index in [0.717, 1.165) is 54.1 Å². The van der Waals surface area contributed by atoms with Gasteiger partial charge in [-0.25, -0.2) is 4.79 Å². The van der Waals surface area contributed by atoms with Crippen molar-refractivity contribution in [2.45, 2.75) is 77.6 Å². The maximum Gasteiger partial charge on any atom is 0.368 e. The zero-order valence-electron chi connectivity index (χ0n) is 19.5. The van der Waals surface area contributed by atoms with Crippen LogP contribution in [-0.4, -0.2) is 34.3 Å². The molecule has 0 spiro atoms. The van der Waals surface area contributed by atoms with E-state index in [4.69, 9.17) is 9.47 Å². The van der Waals surface area contributed by atoms with Crippen molar-refractivity contribution in [3.63, 3.8) is 0 Å². The van der Waals surface area contributed by atoms with Gasteiger partial charge < -0.3 is 14.8 Å². The zero-order valence-corrected chi connectivity index (χ0v) is 20.3. The number of thioether (sulfide) groups is 1. The van der Waals surface area contributed by atoms with E-state index in [1.54, 1.807) is 6.20 Å². The van der Waals surface area contributed by atoms with E-state index in [2.05, 4.69) is 42.3 Å². The Morgan fingerprint density at radius 2 is 2.00 bits per heavy atom. The summed E-state index contributed by atoms with van der Waals surface area (Å²) < 4.78 is 10.9. The van der Waals surface area contributed by atoms with Gasteiger partial charge in [0.1, 0.15) is 12.2 Å². The first-order valence-corrected chi connectivity index (χ1v) is 12.3. The molecule has 4 rings (SSSR count). The topological polar surface area (TPSA) is 60.5 Å². The fourth-order valence-corrected chi connectivity index (χ4v) is 4.91. The Morgan fingerprint density at radius 3 is 2.68 bits per heavy atom. The standard InChI is InChI=1S/C13H14N2O.C12H22O2S/c1-2-9-3-4-11-10(7-9)13-12(8-15-11)16-6-5-14-13;1-9-5-7-10(8-6-9)15-11(13)14-12(2,3)4/h3-4,7-8,14H,2,5-6H2,1H3;9-10H,5-8H2,1-4H3. The van der Waals surface area contributed by atoms with Crippen LogP contribution in [0.3, 0.4) is 0 Å². The zero-order chi connectivity index (χ0) is 22.4. The highest BCUT2D eigenvalue weighted by Crippen LogP contribution is 2.34. The van der Waals surface area contributed by atoms with Crippen LogP contribution in [0.15, 0.2) is 24.4 Å². The molecule has 1 fully saturated rings. The second-order valence-electron chi connectivity index (χ2n) is 9.44. The minimum atomic E-state index is -0.355. The van der Waals surface area contributed by atoms with Gasteiger partial charge >= 0.3 is 5.30 Å². The molecule has 0 amide bonds. The van der Waals surface area contributed by atoms with Gasteiger partial charge in [0.25, 0.3) is 0 Å². The van der Waals surface area contributed by atoms with Crippen LogP contribution in [0.25, 0.3) is 10.9 Å². The molecular weight excluding hydrogens is 408 g/mol. The Morgan fingerprint density at radius 1 is 1.26 bits per heavy atom. The molecular formula is C25H36N2O3S. The number of benzene rings is 1. The minimum absolute atomic E-state index is 0.109. The number of carbonyl (C=O) groups is 1. The molecule has 0 unspecified atom stereocenters. The third-order valence-electron chi connectivity index (χ3n) is 5.58. The number of aryl methyl sites for hydroxylation is 1. The van der Waals surface area contributed by atoms with Crippen LogP contribution in [0.4, 0.5) is 10.5 Å². The van der Waals surface area contributed by atoms with Crippen molar-refractivity contribution < 1.29 is 14.3 Å². The van der Waals surface area contributed by atoms with Gasteiger partial charge in [-0.15, -0.1) is 0 Å². The van der Waals surface area contributed by atoms with Crippen molar-refractivity contribution in [2.75, 3.05) is 18.5 Å². The number of nitrogens with one attached hydrogen (secondary N) is 1. The summed E-state index contributed by atoms with van der Waals surface area (Å²) in [6.07, 6.45) is 7.66. The number of hydrogen-bond donors (Lipinski definition) is 1. The number of nitrogens with zero attached hydrogens (tertiary/aromatic N) is 1. The molecule has 2 aromatic rings. The predicted molar refractivity (Wildman–Crippen MR) is 130 cm³/mol. The second kappa shape index (κ2) is 10.6. The van der Waals surface area contributed by atoms with E-state index in [-0.39, 0.29) is 10.9 Å². The van der Waals surface area contributed by atoms with E-state index in [0.29, 0.717) is 11.9 Å². The van der Waals surface area contributed by atoms with Crippen molar-refractivity contribution >= 4 is 33.7 Å². The van der Waals surface area contributed by atoms with Crippen LogP contribution in [0.1, 0.15) is 65.9 Å². The molecule has 1 aliphatic heterocycles. The van der Waals surface area contributed by atoms with E-state index in [1.807, 2.05) is 20.8 Å². The average molecular weight is 445 g/mol. The smallest absolute Gasteiger partial charge is 0.368 e. The SMILES string of the molecule is CC1CCC(SC(=O)OC(C)(C)C)CC1.CCc1ccc2ncc3c(c2c1)NCCO3. The highest BCUT2D eigenvalue weighted by Gasteiger charge is 2.24. The molecule has 1 aromatic heterocycles. The van der Waals surface area contributed by atoms with Crippen molar-refractivity contribution in [1.82, 2.24) is 4.98 Å². The largest absolute Gasteiger partial charge is 0.488 e. The van der Waals surface area contributed by atoms with Gasteiger partial charge in [0.15, 0.2) is 5.75 Å². The monoisotopic (exact) mass is 444 g/mol. The normalized spacial score (nSPS) is 20.5. The fourth-order valence-electron chi connectivity index (χ4n) is 3.83. The summed E-state index contributed by atoms with van der Waals surface area (Å²) in [6, 6.07) is 6.40. The predicted octanol–water partition coefficient (Wildman–Crippen LogP) is 6.83. The van der Waals surface area contributed by atoms with E-state index in [9.17, 15) is 4.79 Å². The minimum Gasteiger partial charge on any atom is -0.488 e. The molecule has 1 aromatic carbocycles. The molecule has 0 atom stereocenters. The van der Waals surface area contributed by atoms with Crippen molar-refractivity contribution in [3.8, 4) is 5.75 Å². The van der Waals surface area contributed by atoms with Gasteiger partial charge in [-0.2, -0.15) is 0 Å². The maximum absolute atomic E-state index is 11.5. The third kappa shape index (κ3) is 7.03. The van der Waals surface area contributed by atoms with Crippen molar-refractivity contribution in [2.24, 2.45) is 5.92 Å². The van der Waals surface area contributed by atoms with Crippen LogP contribution in [0.5, 0.6) is 5.75 Å². The van der Waals surface area contributed by atoms with Gasteiger partial charge in [-0.1, -0.05) is 19.9 Å². The number of aromatic nitrogens is 1. The Balaban J connectivity index is 0.000000176. The van der Waals surface area contributed by atoms with Crippen LogP contribution in [0.2, 0.25) is 0 Å². The van der Waals surface area contributed by atoms with E-state index in [1.165, 1.54) is 30.2 Å². The Bertz CT molecular complexity index is 881. The summed E-state index contributed by atoms with van der Waals surface area (Å²) in [5.41, 5.74) is 3.09. The van der Waals surface area contributed by atoms with Gasteiger partial charge in [0, 0.05) is 17.2 Å². The lowest BCUT2D eigenvalue weighted by atomic mass is 9.91. The molecule has 0 saturated heterocycles. The third-order valence-corrected chi connectivity index (χ3v) is 6.66. The summed E-state index contributed by atoms with van der Waals surface area (Å²) in [7, 11) is 0. The molecule has 0 radical (unpaired) electrons. The Hall–Kier alpha value is -1.95. The van der Waals surface area contributed by atoms with E-state index >= 15 is 0 Å². The lowest BCUT2D eigenvalue weighted by Crippen LogP contribution is -2.23. The number of hydrogen-bond acceptors (Lipinski definition) is 6. The summed E-state index contributed by atoms with van der Waals surface area (Å²) in [4.78, 5) is 16.0. The highest BCUT2D eigenvalue weighted by molar-refractivity contribution is 8.13. The lowest BCUT2D eigenvalue weighted by Gasteiger charge is -2.26. The fraction of sp³-hybridized carbons (Fsp3) is 0.600. The Labute approximate surface area is 190 Å².